The van der Waals surface area contributed by atoms with Crippen molar-refractivity contribution in [3.63, 3.8) is 0 Å². The molecule has 1 radical (unpaired) electrons. The molecule has 0 bridgehead atoms. The van der Waals surface area contributed by atoms with Crippen LogP contribution in [0.2, 0.25) is 19.6 Å². The molecule has 6 heteroatoms. The molecule has 0 atom stereocenters. The zero-order valence-corrected chi connectivity index (χ0v) is 38.4. The van der Waals surface area contributed by atoms with Crippen molar-refractivity contribution in [2.45, 2.75) is 97.7 Å². The van der Waals surface area contributed by atoms with Crippen LogP contribution in [0.25, 0.3) is 61.3 Å². The summed E-state index contributed by atoms with van der Waals surface area (Å²) in [6.07, 6.45) is 10.5. The summed E-state index contributed by atoms with van der Waals surface area (Å²) in [5, 5.41) is 3.74. The fourth-order valence-corrected chi connectivity index (χ4v) is 10.4. The molecule has 1 aliphatic rings. The van der Waals surface area contributed by atoms with Gasteiger partial charge in [-0.25, -0.2) is 0 Å². The molecule has 0 aliphatic heterocycles. The van der Waals surface area contributed by atoms with Crippen molar-refractivity contribution >= 4 is 46.2 Å². The molecule has 0 N–H and O–H groups in total. The van der Waals surface area contributed by atoms with Crippen molar-refractivity contribution in [1.82, 2.24) is 14.5 Å². The number of furan rings is 1. The number of aromatic nitrogens is 3. The molecule has 0 unspecified atom stereocenters. The first-order valence-corrected chi connectivity index (χ1v) is 24.5. The summed E-state index contributed by atoms with van der Waals surface area (Å²) < 4.78 is 8.73. The Morgan fingerprint density at radius 2 is 1.47 bits per heavy atom. The third kappa shape index (κ3) is 8.43. The molecule has 3 heterocycles. The molecule has 8 aromatic rings. The molecule has 1 aliphatic carbocycles. The van der Waals surface area contributed by atoms with Gasteiger partial charge >= 0.3 is 0 Å². The summed E-state index contributed by atoms with van der Waals surface area (Å²) in [4.78, 5) is 9.92. The average molecular weight is 958 g/mol. The van der Waals surface area contributed by atoms with Crippen LogP contribution in [0, 0.1) is 18.1 Å². The number of hydrogen-bond acceptors (Lipinski definition) is 3. The van der Waals surface area contributed by atoms with Crippen LogP contribution in [0.1, 0.15) is 88.3 Å². The average Bonchev–Trinajstić information content (AvgIpc) is 3.80. The van der Waals surface area contributed by atoms with Gasteiger partial charge in [0, 0.05) is 37.4 Å². The van der Waals surface area contributed by atoms with Crippen LogP contribution in [-0.4, -0.2) is 22.6 Å². The largest absolute Gasteiger partial charge is 0.501 e. The van der Waals surface area contributed by atoms with Crippen molar-refractivity contribution in [3.8, 4) is 28.3 Å². The minimum Gasteiger partial charge on any atom is -0.501 e. The molecule has 1 saturated carbocycles. The molecule has 5 aromatic carbocycles. The smallest absolute Gasteiger partial charge is 0.120 e. The van der Waals surface area contributed by atoms with Crippen LogP contribution < -0.4 is 5.19 Å². The molecule has 58 heavy (non-hydrogen) atoms. The normalized spacial score (nSPS) is 13.6. The number of benzene rings is 5. The molecular formula is C52H55IrN3OSi-2. The number of hydrogen-bond donors (Lipinski definition) is 0. The van der Waals surface area contributed by atoms with E-state index in [1.165, 1.54) is 55.3 Å². The fraction of sp³-hybridized carbons (Fsp3) is 0.308. The van der Waals surface area contributed by atoms with Crippen molar-refractivity contribution < 1.29 is 24.5 Å². The number of rotatable bonds is 8. The van der Waals surface area contributed by atoms with Crippen LogP contribution >= 0.6 is 0 Å². The zero-order valence-electron chi connectivity index (χ0n) is 35.0. The van der Waals surface area contributed by atoms with E-state index in [1.54, 1.807) is 10.8 Å². The minimum atomic E-state index is -1.36. The van der Waals surface area contributed by atoms with Crippen molar-refractivity contribution in [3.05, 3.63) is 144 Å². The Morgan fingerprint density at radius 1 is 0.759 bits per heavy atom. The van der Waals surface area contributed by atoms with Gasteiger partial charge < -0.3 is 14.0 Å². The van der Waals surface area contributed by atoms with Gasteiger partial charge in [0.05, 0.1) is 30.5 Å². The Bertz CT molecular complexity index is 2620. The molecule has 299 valence electrons. The van der Waals surface area contributed by atoms with Gasteiger partial charge in [0.15, 0.2) is 0 Å². The van der Waals surface area contributed by atoms with Crippen LogP contribution in [-0.2, 0) is 26.5 Å². The Kier molecular flexibility index (Phi) is 12.7. The number of pyridine rings is 1. The third-order valence-electron chi connectivity index (χ3n) is 11.7. The summed E-state index contributed by atoms with van der Waals surface area (Å²) in [6, 6.07) is 44.6. The standard InChI is InChI=1S/C31H27N2O.C21H28NSi.Ir/c1-19(2)21-12-9-13-22(20(3)4)29(21)33-27-17-7-6-16-26(27)32-31(33)25-15-10-14-24-23-11-5-8-18-28(23)34-30(24)25;1-23(2,3)21-16-22-20(18-12-8-5-9-13-18)15-19(21)14-17-10-6-4-7-11-17;/h5-14,16-20H,1-4H3;5,8-9,12,15-17H,4,6-7,10-11,14H2,1-3H3;/q2*-1;. The van der Waals surface area contributed by atoms with E-state index in [-0.39, 0.29) is 20.1 Å². The quantitative estimate of drug-likeness (QED) is 0.113. The summed E-state index contributed by atoms with van der Waals surface area (Å²) in [7, 11) is -1.36. The van der Waals surface area contributed by atoms with E-state index >= 15 is 0 Å². The minimum absolute atomic E-state index is 0. The Hall–Kier alpha value is -4.61. The van der Waals surface area contributed by atoms with Gasteiger partial charge in [-0.3, -0.25) is 4.98 Å². The maximum absolute atomic E-state index is 6.40. The predicted octanol–water partition coefficient (Wildman–Crippen LogP) is 13.9. The Balaban J connectivity index is 0.000000187. The van der Waals surface area contributed by atoms with E-state index < -0.39 is 8.07 Å². The first kappa shape index (κ1) is 41.5. The zero-order chi connectivity index (χ0) is 39.7. The monoisotopic (exact) mass is 958 g/mol. The van der Waals surface area contributed by atoms with Gasteiger partial charge in [-0.2, -0.15) is 0 Å². The summed E-state index contributed by atoms with van der Waals surface area (Å²) >= 11 is 0. The molecule has 4 nitrogen and oxygen atoms in total. The van der Waals surface area contributed by atoms with Gasteiger partial charge in [-0.1, -0.05) is 151 Å². The second kappa shape index (κ2) is 17.7. The SMILES string of the molecule is CC(C)c1cccc(C(C)C)c1-n1c(-c2[c-]ccc3c2oc2ccccc23)nc2ccccc21.C[Si](C)(C)c1cnc(-c2[c-]cccc2)cc1CC1CCCCC1.[Ir]. The van der Waals surface area contributed by atoms with Crippen LogP contribution in [0.4, 0.5) is 0 Å². The van der Waals surface area contributed by atoms with E-state index in [9.17, 15) is 0 Å². The van der Waals surface area contributed by atoms with E-state index in [0.717, 1.165) is 61.5 Å². The number of para-hydroxylation sites is 4. The van der Waals surface area contributed by atoms with Gasteiger partial charge in [-0.15, -0.1) is 54.1 Å². The first-order chi connectivity index (χ1) is 27.6. The second-order valence-electron chi connectivity index (χ2n) is 17.5. The topological polar surface area (TPSA) is 43.9 Å². The first-order valence-electron chi connectivity index (χ1n) is 21.0. The van der Waals surface area contributed by atoms with Gasteiger partial charge in [-0.05, 0) is 64.4 Å². The van der Waals surface area contributed by atoms with Crippen molar-refractivity contribution in [2.75, 3.05) is 0 Å². The molecule has 1 fully saturated rings. The van der Waals surface area contributed by atoms with E-state index in [2.05, 4.69) is 143 Å². The molecule has 0 spiro atoms. The van der Waals surface area contributed by atoms with E-state index in [0.29, 0.717) is 11.8 Å². The number of fused-ring (bicyclic) bond motifs is 4. The van der Waals surface area contributed by atoms with Gasteiger partial charge in [0.1, 0.15) is 5.58 Å². The number of imidazole rings is 1. The van der Waals surface area contributed by atoms with Gasteiger partial charge in [0.2, 0.25) is 0 Å². The fourth-order valence-electron chi connectivity index (χ4n) is 8.79. The summed E-state index contributed by atoms with van der Waals surface area (Å²) in [6.45, 7) is 16.3. The Morgan fingerprint density at radius 3 is 2.17 bits per heavy atom. The second-order valence-corrected chi connectivity index (χ2v) is 22.5. The van der Waals surface area contributed by atoms with Gasteiger partial charge in [0.25, 0.3) is 0 Å². The maximum Gasteiger partial charge on any atom is 0.120 e. The summed E-state index contributed by atoms with van der Waals surface area (Å²) in [5.74, 6) is 2.47. The molecule has 3 aromatic heterocycles. The van der Waals surface area contributed by atoms with Crippen molar-refractivity contribution in [1.29, 1.82) is 0 Å². The van der Waals surface area contributed by atoms with E-state index in [4.69, 9.17) is 14.4 Å². The van der Waals surface area contributed by atoms with Crippen LogP contribution in [0.15, 0.2) is 120 Å². The molecule has 9 rings (SSSR count). The third-order valence-corrected chi connectivity index (χ3v) is 13.8. The number of nitrogens with zero attached hydrogens (tertiary/aromatic N) is 3. The predicted molar refractivity (Wildman–Crippen MR) is 243 cm³/mol. The van der Waals surface area contributed by atoms with Crippen LogP contribution in [0.3, 0.4) is 0 Å². The van der Waals surface area contributed by atoms with Crippen molar-refractivity contribution in [2.24, 2.45) is 5.92 Å². The Labute approximate surface area is 359 Å². The molecular weight excluding hydrogens is 903 g/mol. The van der Waals surface area contributed by atoms with Crippen LogP contribution in [0.5, 0.6) is 0 Å². The molecule has 0 amide bonds. The van der Waals surface area contributed by atoms with E-state index in [1.807, 2.05) is 36.4 Å². The summed E-state index contributed by atoms with van der Waals surface area (Å²) in [5.41, 5.74) is 12.2. The molecule has 0 saturated heterocycles. The maximum atomic E-state index is 6.40.